The Morgan fingerprint density at radius 1 is 1.50 bits per heavy atom. The maximum absolute atomic E-state index is 13.2. The zero-order valence-electron chi connectivity index (χ0n) is 6.48. The molecule has 2 rings (SSSR count). The van der Waals surface area contributed by atoms with Crippen LogP contribution in [0.1, 0.15) is 23.6 Å². The Bertz CT molecular complexity index is 325. The Kier molecular flexibility index (Phi) is 1.81. The molecule has 0 aromatic heterocycles. The van der Waals surface area contributed by atoms with Crippen molar-refractivity contribution in [1.82, 2.24) is 0 Å². The van der Waals surface area contributed by atoms with Gasteiger partial charge in [0.1, 0.15) is 5.82 Å². The molecule has 0 saturated carbocycles. The van der Waals surface area contributed by atoms with Crippen LogP contribution in [0.15, 0.2) is 12.1 Å². The second-order valence-corrected chi connectivity index (χ2v) is 3.47. The number of rotatable bonds is 0. The van der Waals surface area contributed by atoms with Gasteiger partial charge in [0.25, 0.3) is 0 Å². The van der Waals surface area contributed by atoms with E-state index in [9.17, 15) is 4.39 Å². The normalized spacial score (nSPS) is 21.1. The van der Waals surface area contributed by atoms with Crippen molar-refractivity contribution in [2.75, 3.05) is 0 Å². The third kappa shape index (κ3) is 1.03. The van der Waals surface area contributed by atoms with E-state index >= 15 is 0 Å². The van der Waals surface area contributed by atoms with Crippen LogP contribution in [0.2, 0.25) is 5.02 Å². The van der Waals surface area contributed by atoms with Gasteiger partial charge in [-0.1, -0.05) is 11.6 Å². The fraction of sp³-hybridized carbons (Fsp3) is 0.333. The number of hydrogen-bond donors (Lipinski definition) is 1. The highest BCUT2D eigenvalue weighted by Crippen LogP contribution is 2.35. The van der Waals surface area contributed by atoms with E-state index in [4.69, 9.17) is 17.3 Å². The van der Waals surface area contributed by atoms with Crippen LogP contribution in [0.5, 0.6) is 0 Å². The van der Waals surface area contributed by atoms with E-state index in [0.29, 0.717) is 10.6 Å². The maximum Gasteiger partial charge on any atom is 0.128 e. The summed E-state index contributed by atoms with van der Waals surface area (Å²) in [5.41, 5.74) is 7.22. The van der Waals surface area contributed by atoms with E-state index in [2.05, 4.69) is 0 Å². The van der Waals surface area contributed by atoms with Gasteiger partial charge in [-0.05, 0) is 30.5 Å². The van der Waals surface area contributed by atoms with Gasteiger partial charge in [0.15, 0.2) is 0 Å². The van der Waals surface area contributed by atoms with Crippen LogP contribution >= 0.6 is 11.6 Å². The topological polar surface area (TPSA) is 26.0 Å². The summed E-state index contributed by atoms with van der Waals surface area (Å²) >= 11 is 5.88. The van der Waals surface area contributed by atoms with Crippen LogP contribution in [0.4, 0.5) is 4.39 Å². The van der Waals surface area contributed by atoms with Gasteiger partial charge in [-0.2, -0.15) is 0 Å². The Balaban J connectivity index is 2.64. The van der Waals surface area contributed by atoms with Crippen molar-refractivity contribution in [3.8, 4) is 0 Å². The Hall–Kier alpha value is -0.600. The standard InChI is InChI=1S/C9H9ClFN/c10-6-2-3-7(11)9-5(6)1-4-8(9)12/h2-3,8H,1,4,12H2. The lowest BCUT2D eigenvalue weighted by Crippen LogP contribution is -2.07. The second-order valence-electron chi connectivity index (χ2n) is 3.07. The molecule has 64 valence electrons. The Morgan fingerprint density at radius 2 is 2.25 bits per heavy atom. The molecule has 2 N–H and O–H groups in total. The first-order chi connectivity index (χ1) is 5.70. The average Bonchev–Trinajstić information content (AvgIpc) is 2.42. The van der Waals surface area contributed by atoms with E-state index in [-0.39, 0.29) is 11.9 Å². The van der Waals surface area contributed by atoms with Crippen molar-refractivity contribution in [2.24, 2.45) is 5.73 Å². The van der Waals surface area contributed by atoms with Gasteiger partial charge in [-0.15, -0.1) is 0 Å². The van der Waals surface area contributed by atoms with E-state index < -0.39 is 0 Å². The molecule has 1 nitrogen and oxygen atoms in total. The highest BCUT2D eigenvalue weighted by Gasteiger charge is 2.24. The van der Waals surface area contributed by atoms with Crippen LogP contribution in [0, 0.1) is 5.82 Å². The quantitative estimate of drug-likeness (QED) is 0.660. The summed E-state index contributed by atoms with van der Waals surface area (Å²) in [6, 6.07) is 2.80. The first-order valence-electron chi connectivity index (χ1n) is 3.92. The molecule has 1 atom stereocenters. The zero-order valence-corrected chi connectivity index (χ0v) is 7.24. The van der Waals surface area contributed by atoms with Crippen LogP contribution < -0.4 is 5.73 Å². The average molecular weight is 186 g/mol. The summed E-state index contributed by atoms with van der Waals surface area (Å²) in [6.07, 6.45) is 1.60. The number of fused-ring (bicyclic) bond motifs is 1. The molecule has 12 heavy (non-hydrogen) atoms. The van der Waals surface area contributed by atoms with Crippen molar-refractivity contribution in [2.45, 2.75) is 18.9 Å². The van der Waals surface area contributed by atoms with Crippen LogP contribution in [-0.2, 0) is 6.42 Å². The SMILES string of the molecule is NC1CCc2c(Cl)ccc(F)c21. The van der Waals surface area contributed by atoms with E-state index in [0.717, 1.165) is 18.4 Å². The highest BCUT2D eigenvalue weighted by molar-refractivity contribution is 6.31. The highest BCUT2D eigenvalue weighted by atomic mass is 35.5. The maximum atomic E-state index is 13.2. The van der Waals surface area contributed by atoms with Gasteiger partial charge >= 0.3 is 0 Å². The summed E-state index contributed by atoms with van der Waals surface area (Å²) < 4.78 is 13.2. The summed E-state index contributed by atoms with van der Waals surface area (Å²) in [6.45, 7) is 0. The zero-order chi connectivity index (χ0) is 8.72. The predicted molar refractivity (Wildman–Crippen MR) is 46.7 cm³/mol. The van der Waals surface area contributed by atoms with Crippen LogP contribution in [0.25, 0.3) is 0 Å². The lowest BCUT2D eigenvalue weighted by Gasteiger charge is -2.06. The first kappa shape index (κ1) is 8.02. The third-order valence-corrected chi connectivity index (χ3v) is 2.68. The van der Waals surface area contributed by atoms with Gasteiger partial charge in [-0.3, -0.25) is 0 Å². The summed E-state index contributed by atoms with van der Waals surface area (Å²) in [5.74, 6) is -0.223. The summed E-state index contributed by atoms with van der Waals surface area (Å²) in [7, 11) is 0. The van der Waals surface area contributed by atoms with Crippen LogP contribution in [-0.4, -0.2) is 0 Å². The fourth-order valence-corrected chi connectivity index (χ4v) is 1.97. The van der Waals surface area contributed by atoms with Gasteiger partial charge in [0.05, 0.1) is 0 Å². The molecule has 0 spiro atoms. The Morgan fingerprint density at radius 3 is 2.92 bits per heavy atom. The summed E-state index contributed by atoms with van der Waals surface area (Å²) in [4.78, 5) is 0. The van der Waals surface area contributed by atoms with Gasteiger partial charge < -0.3 is 5.73 Å². The van der Waals surface area contributed by atoms with Crippen LogP contribution in [0.3, 0.4) is 0 Å². The van der Waals surface area contributed by atoms with Gasteiger partial charge in [0, 0.05) is 16.6 Å². The lowest BCUT2D eigenvalue weighted by atomic mass is 10.1. The van der Waals surface area contributed by atoms with E-state index in [1.54, 1.807) is 6.07 Å². The molecule has 3 heteroatoms. The molecular formula is C9H9ClFN. The molecule has 0 heterocycles. The minimum atomic E-state index is -0.223. The molecule has 1 aliphatic carbocycles. The predicted octanol–water partition coefficient (Wildman–Crippen LogP) is 2.43. The Labute approximate surface area is 75.3 Å². The van der Waals surface area contributed by atoms with Crippen molar-refractivity contribution in [3.05, 3.63) is 34.1 Å². The monoisotopic (exact) mass is 185 g/mol. The summed E-state index contributed by atoms with van der Waals surface area (Å²) in [5, 5.41) is 0.638. The molecule has 1 unspecified atom stereocenters. The van der Waals surface area contributed by atoms with Gasteiger partial charge in [0.2, 0.25) is 0 Å². The number of halogens is 2. The van der Waals surface area contributed by atoms with E-state index in [1.807, 2.05) is 0 Å². The minimum absolute atomic E-state index is 0.168. The number of hydrogen-bond acceptors (Lipinski definition) is 1. The van der Waals surface area contributed by atoms with Gasteiger partial charge in [-0.25, -0.2) is 4.39 Å². The smallest absolute Gasteiger partial charge is 0.128 e. The fourth-order valence-electron chi connectivity index (χ4n) is 1.71. The molecule has 0 fully saturated rings. The van der Waals surface area contributed by atoms with E-state index in [1.165, 1.54) is 6.07 Å². The molecule has 1 aromatic carbocycles. The molecule has 0 amide bonds. The molecule has 1 aliphatic rings. The molecule has 0 bridgehead atoms. The lowest BCUT2D eigenvalue weighted by molar-refractivity contribution is 0.589. The third-order valence-electron chi connectivity index (χ3n) is 2.32. The molecule has 1 aromatic rings. The van der Waals surface area contributed by atoms with Crippen molar-refractivity contribution in [1.29, 1.82) is 0 Å². The largest absolute Gasteiger partial charge is 0.324 e. The molecule has 0 saturated heterocycles. The first-order valence-corrected chi connectivity index (χ1v) is 4.30. The molecule has 0 radical (unpaired) electrons. The van der Waals surface area contributed by atoms with Crippen molar-refractivity contribution >= 4 is 11.6 Å². The number of nitrogens with two attached hydrogens (primary N) is 1. The number of benzene rings is 1. The minimum Gasteiger partial charge on any atom is -0.324 e. The second kappa shape index (κ2) is 2.71. The van der Waals surface area contributed by atoms with Crippen molar-refractivity contribution in [3.63, 3.8) is 0 Å². The molecule has 0 aliphatic heterocycles. The van der Waals surface area contributed by atoms with Crippen molar-refractivity contribution < 1.29 is 4.39 Å². The molecular weight excluding hydrogens is 177 g/mol.